The van der Waals surface area contributed by atoms with Gasteiger partial charge in [-0.05, 0) is 38.1 Å². The number of carbonyl (C=O) groups is 3. The van der Waals surface area contributed by atoms with Gasteiger partial charge in [0.2, 0.25) is 5.91 Å². The topological polar surface area (TPSA) is 111 Å². The zero-order valence-electron chi connectivity index (χ0n) is 15.8. The molecule has 0 saturated heterocycles. The second-order valence-electron chi connectivity index (χ2n) is 6.28. The van der Waals surface area contributed by atoms with Gasteiger partial charge in [0.25, 0.3) is 5.91 Å². The van der Waals surface area contributed by atoms with Gasteiger partial charge in [-0.1, -0.05) is 30.3 Å². The molecule has 1 aromatic heterocycles. The summed E-state index contributed by atoms with van der Waals surface area (Å²) < 4.78 is 5.31. The van der Waals surface area contributed by atoms with Gasteiger partial charge in [-0.3, -0.25) is 9.59 Å². The first kappa shape index (κ1) is 20.2. The predicted molar refractivity (Wildman–Crippen MR) is 111 cm³/mol. The van der Waals surface area contributed by atoms with E-state index >= 15 is 0 Å². The normalized spacial score (nSPS) is 11.5. The van der Waals surface area contributed by atoms with E-state index in [4.69, 9.17) is 10.5 Å². The van der Waals surface area contributed by atoms with Gasteiger partial charge >= 0.3 is 5.97 Å². The van der Waals surface area contributed by atoms with E-state index in [0.717, 1.165) is 5.56 Å². The van der Waals surface area contributed by atoms with Gasteiger partial charge in [-0.15, -0.1) is 11.3 Å². The van der Waals surface area contributed by atoms with Crippen molar-refractivity contribution in [3.63, 3.8) is 0 Å². The number of aryl methyl sites for hydroxylation is 1. The van der Waals surface area contributed by atoms with Gasteiger partial charge in [0, 0.05) is 16.8 Å². The van der Waals surface area contributed by atoms with Crippen LogP contribution < -0.4 is 11.1 Å². The van der Waals surface area contributed by atoms with Crippen LogP contribution in [0.5, 0.6) is 0 Å². The number of aromatic nitrogens is 1. The van der Waals surface area contributed by atoms with E-state index < -0.39 is 23.9 Å². The van der Waals surface area contributed by atoms with Gasteiger partial charge in [-0.25, -0.2) is 9.78 Å². The van der Waals surface area contributed by atoms with Crippen LogP contribution in [0.1, 0.15) is 32.6 Å². The van der Waals surface area contributed by atoms with Crippen molar-refractivity contribution in [2.75, 3.05) is 5.32 Å². The highest BCUT2D eigenvalue weighted by molar-refractivity contribution is 7.17. The van der Waals surface area contributed by atoms with Crippen molar-refractivity contribution in [1.29, 1.82) is 0 Å². The van der Waals surface area contributed by atoms with Crippen LogP contribution in [-0.4, -0.2) is 28.9 Å². The molecule has 0 spiro atoms. The Morgan fingerprint density at radius 2 is 1.72 bits per heavy atom. The van der Waals surface area contributed by atoms with Crippen LogP contribution in [0.3, 0.4) is 0 Å². The lowest BCUT2D eigenvalue weighted by molar-refractivity contribution is -0.123. The van der Waals surface area contributed by atoms with Crippen molar-refractivity contribution in [3.05, 3.63) is 70.7 Å². The minimum Gasteiger partial charge on any atom is -0.448 e. The Kier molecular flexibility index (Phi) is 6.04. The van der Waals surface area contributed by atoms with Gasteiger partial charge in [0.15, 0.2) is 6.10 Å². The molecule has 7 nitrogen and oxygen atoms in total. The molecule has 3 rings (SSSR count). The van der Waals surface area contributed by atoms with Crippen molar-refractivity contribution in [1.82, 2.24) is 4.98 Å². The highest BCUT2D eigenvalue weighted by Gasteiger charge is 2.23. The Hall–Kier alpha value is -3.52. The number of anilines is 1. The number of primary amides is 1. The van der Waals surface area contributed by atoms with E-state index in [1.165, 1.54) is 30.4 Å². The molecule has 0 aliphatic heterocycles. The van der Waals surface area contributed by atoms with Crippen molar-refractivity contribution in [3.8, 4) is 10.6 Å². The number of hydrogen-bond donors (Lipinski definition) is 2. The van der Waals surface area contributed by atoms with E-state index in [1.54, 1.807) is 19.1 Å². The summed E-state index contributed by atoms with van der Waals surface area (Å²) in [5.41, 5.74) is 7.44. The standard InChI is InChI=1S/C21H19N3O4S/c1-12-17(29-20(23-12)15-6-4-3-5-7-15)21(27)28-13(2)19(26)24-16-10-8-14(9-11-16)18(22)25/h3-11,13H,1-2H3,(H2,22,25)(H,24,26)/t13-/m0/s1. The van der Waals surface area contributed by atoms with Crippen molar-refractivity contribution in [2.45, 2.75) is 20.0 Å². The van der Waals surface area contributed by atoms with Crippen molar-refractivity contribution >= 4 is 34.8 Å². The maximum absolute atomic E-state index is 12.5. The number of nitrogens with zero attached hydrogens (tertiary/aromatic N) is 1. The molecule has 0 aliphatic carbocycles. The van der Waals surface area contributed by atoms with Crippen molar-refractivity contribution in [2.24, 2.45) is 5.73 Å². The summed E-state index contributed by atoms with van der Waals surface area (Å²) in [6.45, 7) is 3.21. The third-order valence-electron chi connectivity index (χ3n) is 4.09. The van der Waals surface area contributed by atoms with E-state index in [2.05, 4.69) is 10.3 Å². The smallest absolute Gasteiger partial charge is 0.351 e. The van der Waals surface area contributed by atoms with E-state index in [-0.39, 0.29) is 0 Å². The average molecular weight is 409 g/mol. The third kappa shape index (κ3) is 4.85. The lowest BCUT2D eigenvalue weighted by atomic mass is 10.2. The summed E-state index contributed by atoms with van der Waals surface area (Å²) in [6.07, 6.45) is -1.01. The molecule has 29 heavy (non-hydrogen) atoms. The number of carbonyl (C=O) groups excluding carboxylic acids is 3. The molecule has 2 aromatic carbocycles. The van der Waals surface area contributed by atoms with Gasteiger partial charge < -0.3 is 15.8 Å². The Balaban J connectivity index is 1.65. The Morgan fingerprint density at radius 1 is 1.07 bits per heavy atom. The maximum atomic E-state index is 12.5. The molecule has 0 bridgehead atoms. The lowest BCUT2D eigenvalue weighted by Crippen LogP contribution is -2.30. The largest absolute Gasteiger partial charge is 0.448 e. The molecule has 8 heteroatoms. The Morgan fingerprint density at radius 3 is 2.34 bits per heavy atom. The first-order valence-electron chi connectivity index (χ1n) is 8.79. The Bertz CT molecular complexity index is 1050. The van der Waals surface area contributed by atoms with Crippen LogP contribution in [0.15, 0.2) is 54.6 Å². The second-order valence-corrected chi connectivity index (χ2v) is 7.28. The monoisotopic (exact) mass is 409 g/mol. The van der Waals surface area contributed by atoms with Gasteiger partial charge in [0.1, 0.15) is 9.88 Å². The summed E-state index contributed by atoms with van der Waals surface area (Å²) in [5.74, 6) is -1.65. The van der Waals surface area contributed by atoms with Crippen LogP contribution in [0.4, 0.5) is 5.69 Å². The SMILES string of the molecule is Cc1nc(-c2ccccc2)sc1C(=O)O[C@@H](C)C(=O)Nc1ccc(C(N)=O)cc1. The fraction of sp³-hybridized carbons (Fsp3) is 0.143. The first-order chi connectivity index (χ1) is 13.8. The summed E-state index contributed by atoms with van der Waals surface area (Å²) in [7, 11) is 0. The number of nitrogens with one attached hydrogen (secondary N) is 1. The van der Waals surface area contributed by atoms with E-state index in [0.29, 0.717) is 26.8 Å². The van der Waals surface area contributed by atoms with E-state index in [9.17, 15) is 14.4 Å². The van der Waals surface area contributed by atoms with Crippen LogP contribution >= 0.6 is 11.3 Å². The number of ether oxygens (including phenoxy) is 1. The Labute approximate surface area is 171 Å². The molecule has 148 valence electrons. The van der Waals surface area contributed by atoms with Crippen LogP contribution in [0, 0.1) is 6.92 Å². The van der Waals surface area contributed by atoms with Crippen LogP contribution in [0.25, 0.3) is 10.6 Å². The summed E-state index contributed by atoms with van der Waals surface area (Å²) in [6, 6.07) is 15.6. The maximum Gasteiger partial charge on any atom is 0.351 e. The molecular formula is C21H19N3O4S. The van der Waals surface area contributed by atoms with Crippen LogP contribution in [0.2, 0.25) is 0 Å². The lowest BCUT2D eigenvalue weighted by Gasteiger charge is -2.13. The van der Waals surface area contributed by atoms with E-state index in [1.807, 2.05) is 30.3 Å². The molecule has 1 atom stereocenters. The fourth-order valence-corrected chi connectivity index (χ4v) is 3.47. The number of hydrogen-bond acceptors (Lipinski definition) is 6. The minimum absolute atomic E-state index is 0.331. The number of nitrogens with two attached hydrogens (primary N) is 1. The minimum atomic E-state index is -1.01. The molecule has 2 amide bonds. The summed E-state index contributed by atoms with van der Waals surface area (Å²) >= 11 is 1.22. The molecule has 0 aliphatic rings. The van der Waals surface area contributed by atoms with Gasteiger partial charge in [0.05, 0.1) is 5.69 Å². The molecule has 3 aromatic rings. The molecule has 0 fully saturated rings. The highest BCUT2D eigenvalue weighted by atomic mass is 32.1. The number of esters is 1. The zero-order chi connectivity index (χ0) is 21.0. The number of benzene rings is 2. The molecule has 1 heterocycles. The van der Waals surface area contributed by atoms with Crippen LogP contribution in [-0.2, 0) is 9.53 Å². The molecular weight excluding hydrogens is 390 g/mol. The zero-order valence-corrected chi connectivity index (χ0v) is 16.7. The summed E-state index contributed by atoms with van der Waals surface area (Å²) in [4.78, 5) is 40.7. The number of rotatable bonds is 6. The molecule has 0 radical (unpaired) electrons. The summed E-state index contributed by atoms with van der Waals surface area (Å²) in [5, 5.41) is 3.34. The highest BCUT2D eigenvalue weighted by Crippen LogP contribution is 2.28. The third-order valence-corrected chi connectivity index (χ3v) is 5.28. The molecule has 0 unspecified atom stereocenters. The second kappa shape index (κ2) is 8.66. The van der Waals surface area contributed by atoms with Crippen molar-refractivity contribution < 1.29 is 19.1 Å². The number of thiazole rings is 1. The average Bonchev–Trinajstić information content (AvgIpc) is 3.11. The predicted octanol–water partition coefficient (Wildman–Crippen LogP) is 3.40. The van der Waals surface area contributed by atoms with Gasteiger partial charge in [-0.2, -0.15) is 0 Å². The quantitative estimate of drug-likeness (QED) is 0.606. The molecule has 0 saturated carbocycles. The molecule has 3 N–H and O–H groups in total. The fourth-order valence-electron chi connectivity index (χ4n) is 2.52. The first-order valence-corrected chi connectivity index (χ1v) is 9.61. The number of amides is 2.